The van der Waals surface area contributed by atoms with Gasteiger partial charge in [0.25, 0.3) is 0 Å². The van der Waals surface area contributed by atoms with E-state index in [-0.39, 0.29) is 40.9 Å². The maximum atomic E-state index is 14.1. The Morgan fingerprint density at radius 3 is 2.29 bits per heavy atom. The van der Waals surface area contributed by atoms with Crippen LogP contribution in [0.15, 0.2) is 49.1 Å². The second-order valence-corrected chi connectivity index (χ2v) is 15.5. The summed E-state index contributed by atoms with van der Waals surface area (Å²) in [4.78, 5) is 37.6. The minimum Gasteiger partial charge on any atom is -0.496 e. The number of hydrogen-bond acceptors (Lipinski definition) is 7. The average Bonchev–Trinajstić information content (AvgIpc) is 3.61. The van der Waals surface area contributed by atoms with Gasteiger partial charge in [-0.3, -0.25) is 9.78 Å². The summed E-state index contributed by atoms with van der Waals surface area (Å²) in [5.41, 5.74) is 5.57. The van der Waals surface area contributed by atoms with Crippen molar-refractivity contribution in [1.29, 1.82) is 0 Å². The number of aromatic nitrogens is 3. The first-order chi connectivity index (χ1) is 23.6. The lowest BCUT2D eigenvalue weighted by Crippen LogP contribution is -2.54. The Morgan fingerprint density at radius 2 is 1.67 bits per heavy atom. The van der Waals surface area contributed by atoms with Crippen LogP contribution in [0.3, 0.4) is 0 Å². The van der Waals surface area contributed by atoms with Gasteiger partial charge in [-0.2, -0.15) is 0 Å². The van der Waals surface area contributed by atoms with E-state index in [1.165, 1.54) is 16.0 Å². The van der Waals surface area contributed by atoms with Gasteiger partial charge in [-0.05, 0) is 117 Å². The molecule has 3 aromatic rings. The highest BCUT2D eigenvalue weighted by atomic mass is 16.6. The van der Waals surface area contributed by atoms with Crippen molar-refractivity contribution >= 4 is 12.0 Å². The maximum absolute atomic E-state index is 14.1. The van der Waals surface area contributed by atoms with Crippen LogP contribution in [0.2, 0.25) is 0 Å². The molecule has 2 amide bonds. The van der Waals surface area contributed by atoms with Crippen LogP contribution in [-0.4, -0.2) is 68.9 Å². The molecule has 10 nitrogen and oxygen atoms in total. The number of hydrogen-bond donors (Lipinski definition) is 2. The number of benzene rings is 1. The van der Waals surface area contributed by atoms with Gasteiger partial charge in [0.1, 0.15) is 11.9 Å². The van der Waals surface area contributed by atoms with E-state index in [1.807, 2.05) is 18.6 Å². The summed E-state index contributed by atoms with van der Waals surface area (Å²) in [5, 5.41) is 13.1. The van der Waals surface area contributed by atoms with Crippen LogP contribution in [0.25, 0.3) is 5.69 Å². The van der Waals surface area contributed by atoms with E-state index >= 15 is 0 Å². The molecule has 0 spiro atoms. The molecule has 5 aliphatic rings. The normalized spacial score (nSPS) is 27.4. The Hall–Kier alpha value is -3.92. The van der Waals surface area contributed by atoms with E-state index in [0.29, 0.717) is 44.7 Å². The Labute approximate surface area is 289 Å². The van der Waals surface area contributed by atoms with Crippen molar-refractivity contribution < 1.29 is 24.2 Å². The third-order valence-electron chi connectivity index (χ3n) is 12.2. The molecule has 8 rings (SSSR count). The second-order valence-electron chi connectivity index (χ2n) is 15.5. The molecule has 3 heterocycles. The fourth-order valence-electron chi connectivity index (χ4n) is 8.89. The molecule has 1 saturated heterocycles. The number of nitrogens with one attached hydrogen (secondary N) is 1. The highest BCUT2D eigenvalue weighted by molar-refractivity contribution is 5.79. The van der Waals surface area contributed by atoms with E-state index in [0.717, 1.165) is 61.3 Å². The Kier molecular flexibility index (Phi) is 9.19. The number of methoxy groups -OCH3 is 1. The van der Waals surface area contributed by atoms with E-state index < -0.39 is 6.10 Å². The Balaban J connectivity index is 1.10. The molecular weight excluding hydrogens is 618 g/mol. The number of fused-ring (bicyclic) bond motifs is 3. The topological polar surface area (TPSA) is 119 Å². The van der Waals surface area contributed by atoms with Gasteiger partial charge in [0, 0.05) is 24.0 Å². The van der Waals surface area contributed by atoms with Crippen molar-refractivity contribution in [2.24, 2.45) is 11.3 Å². The number of imidazole rings is 1. The lowest BCUT2D eigenvalue weighted by Gasteiger charge is -2.56. The van der Waals surface area contributed by atoms with Gasteiger partial charge in [-0.25, -0.2) is 9.78 Å². The number of carbonyl (C=O) groups is 2. The highest BCUT2D eigenvalue weighted by Gasteiger charge is 2.54. The number of pyridine rings is 1. The van der Waals surface area contributed by atoms with Crippen LogP contribution in [0.4, 0.5) is 4.79 Å². The van der Waals surface area contributed by atoms with Gasteiger partial charge in [0.05, 0.1) is 50.1 Å². The maximum Gasteiger partial charge on any atom is 0.410 e. The number of ether oxygens (including phenoxy) is 2. The first kappa shape index (κ1) is 33.6. The molecule has 1 aliphatic heterocycles. The lowest BCUT2D eigenvalue weighted by molar-refractivity contribution is -0.129. The summed E-state index contributed by atoms with van der Waals surface area (Å²) in [7, 11) is 1.73. The van der Waals surface area contributed by atoms with Crippen molar-refractivity contribution in [3.05, 3.63) is 71.6 Å². The third-order valence-corrected chi connectivity index (χ3v) is 12.2. The monoisotopic (exact) mass is 669 g/mol. The summed E-state index contributed by atoms with van der Waals surface area (Å²) in [5.74, 6) is 1.19. The standard InChI is InChI=1S/C39H51N5O5/c1-25(2)33-23-44(24-41-33)29-11-18-40-32(20-29)35(42-36(46)27-5-8-31(9-6-27)49-37(47)43-21-30(45)22-43)39-15-12-38(13-16-39,14-17-39)28-7-10-34(48-4)26(3)19-28/h7,10-11,18-20,23-25,27,30-31,35,45H,5-6,8-9,12-17,21-22H2,1-4H3,(H,42,46). The van der Waals surface area contributed by atoms with Gasteiger partial charge < -0.3 is 29.4 Å². The highest BCUT2D eigenvalue weighted by Crippen LogP contribution is 2.62. The number of amides is 2. The van der Waals surface area contributed by atoms with Gasteiger partial charge in [-0.15, -0.1) is 0 Å². The Morgan fingerprint density at radius 1 is 0.959 bits per heavy atom. The summed E-state index contributed by atoms with van der Waals surface area (Å²) in [6, 6.07) is 10.6. The summed E-state index contributed by atoms with van der Waals surface area (Å²) >= 11 is 0. The SMILES string of the molecule is COc1ccc(C23CCC(C(NC(=O)C4CCC(OC(=O)N5CC(O)C5)CC4)c4cc(-n5cnc(C(C)C)c5)ccn4)(CC2)CC3)cc1C. The minimum atomic E-state index is -0.455. The Bertz CT molecular complexity index is 1650. The molecule has 1 unspecified atom stereocenters. The van der Waals surface area contributed by atoms with Crippen LogP contribution in [0, 0.1) is 18.3 Å². The molecule has 262 valence electrons. The first-order valence-corrected chi connectivity index (χ1v) is 18.2. The molecule has 49 heavy (non-hydrogen) atoms. The number of rotatable bonds is 9. The molecule has 5 fully saturated rings. The molecule has 1 aromatic carbocycles. The summed E-state index contributed by atoms with van der Waals surface area (Å²) < 4.78 is 13.3. The largest absolute Gasteiger partial charge is 0.496 e. The first-order valence-electron chi connectivity index (χ1n) is 18.2. The zero-order valence-corrected chi connectivity index (χ0v) is 29.4. The van der Waals surface area contributed by atoms with Crippen LogP contribution < -0.4 is 10.1 Å². The lowest BCUT2D eigenvalue weighted by atomic mass is 9.49. The predicted molar refractivity (Wildman–Crippen MR) is 186 cm³/mol. The minimum absolute atomic E-state index is 0.0696. The van der Waals surface area contributed by atoms with Gasteiger partial charge in [0.2, 0.25) is 5.91 Å². The molecular formula is C39H51N5O5. The quantitative estimate of drug-likeness (QED) is 0.266. The summed E-state index contributed by atoms with van der Waals surface area (Å²) in [6.07, 6.45) is 13.7. The molecule has 10 heteroatoms. The number of aliphatic hydroxyl groups excluding tert-OH is 1. The van der Waals surface area contributed by atoms with E-state index in [2.05, 4.69) is 66.1 Å². The van der Waals surface area contributed by atoms with Crippen molar-refractivity contribution in [3.63, 3.8) is 0 Å². The average molecular weight is 670 g/mol. The van der Waals surface area contributed by atoms with Gasteiger partial charge in [0.15, 0.2) is 0 Å². The molecule has 2 bridgehead atoms. The number of aryl methyl sites for hydroxylation is 1. The van der Waals surface area contributed by atoms with Gasteiger partial charge in [-0.1, -0.05) is 26.0 Å². The van der Waals surface area contributed by atoms with Crippen molar-refractivity contribution in [3.8, 4) is 11.4 Å². The molecule has 4 saturated carbocycles. The fourth-order valence-corrected chi connectivity index (χ4v) is 8.89. The predicted octanol–water partition coefficient (Wildman–Crippen LogP) is 6.53. The number of β-amino-alcohol motifs (C(OH)–C–C–N with tert-alkyl or cyclic N) is 1. The van der Waals surface area contributed by atoms with Gasteiger partial charge >= 0.3 is 6.09 Å². The number of carbonyl (C=O) groups excluding carboxylic acids is 2. The zero-order chi connectivity index (χ0) is 34.3. The number of likely N-dealkylation sites (tertiary alicyclic amines) is 1. The molecule has 4 aliphatic carbocycles. The van der Waals surface area contributed by atoms with Crippen LogP contribution in [0.1, 0.15) is 113 Å². The second kappa shape index (κ2) is 13.4. The van der Waals surface area contributed by atoms with Crippen LogP contribution in [0.5, 0.6) is 5.75 Å². The van der Waals surface area contributed by atoms with Crippen molar-refractivity contribution in [2.45, 2.75) is 115 Å². The zero-order valence-electron chi connectivity index (χ0n) is 29.4. The molecule has 2 N–H and O–H groups in total. The number of nitrogens with zero attached hydrogens (tertiary/aromatic N) is 4. The fraction of sp³-hybridized carbons (Fsp3) is 0.590. The molecule has 1 atom stereocenters. The number of aliphatic hydroxyl groups is 1. The van der Waals surface area contributed by atoms with Crippen LogP contribution >= 0.6 is 0 Å². The van der Waals surface area contributed by atoms with E-state index in [4.69, 9.17) is 14.5 Å². The molecule has 2 aromatic heterocycles. The van der Waals surface area contributed by atoms with E-state index in [9.17, 15) is 14.7 Å². The smallest absolute Gasteiger partial charge is 0.410 e. The van der Waals surface area contributed by atoms with Crippen molar-refractivity contribution in [1.82, 2.24) is 24.8 Å². The van der Waals surface area contributed by atoms with E-state index in [1.54, 1.807) is 7.11 Å². The van der Waals surface area contributed by atoms with Crippen LogP contribution in [-0.2, 0) is 14.9 Å². The van der Waals surface area contributed by atoms with Crippen molar-refractivity contribution in [2.75, 3.05) is 20.2 Å². The third kappa shape index (κ3) is 6.56. The molecule has 0 radical (unpaired) electrons. The summed E-state index contributed by atoms with van der Waals surface area (Å²) in [6.45, 7) is 7.07.